The van der Waals surface area contributed by atoms with Crippen molar-refractivity contribution >= 4 is 47.4 Å². The maximum absolute atomic E-state index is 12.6. The van der Waals surface area contributed by atoms with Crippen LogP contribution in [0.2, 0.25) is 10.0 Å². The molecule has 1 aromatic rings. The van der Waals surface area contributed by atoms with Gasteiger partial charge >= 0.3 is 0 Å². The molecule has 5 nitrogen and oxygen atoms in total. The number of hydrogen-bond donors (Lipinski definition) is 2. The van der Waals surface area contributed by atoms with Crippen LogP contribution in [0, 0.1) is 5.92 Å². The molecular weight excluding hydrogens is 385 g/mol. The van der Waals surface area contributed by atoms with E-state index in [-0.39, 0.29) is 30.1 Å². The summed E-state index contributed by atoms with van der Waals surface area (Å²) in [4.78, 5) is 26.6. The van der Waals surface area contributed by atoms with E-state index in [1.54, 1.807) is 23.1 Å². The highest BCUT2D eigenvalue weighted by atomic mass is 35.5. The summed E-state index contributed by atoms with van der Waals surface area (Å²) in [7, 11) is 1.88. The molecule has 1 aromatic carbocycles. The second kappa shape index (κ2) is 10.9. The van der Waals surface area contributed by atoms with Gasteiger partial charge in [-0.25, -0.2) is 0 Å². The molecule has 8 heteroatoms. The van der Waals surface area contributed by atoms with Gasteiger partial charge in [0.2, 0.25) is 5.91 Å². The summed E-state index contributed by atoms with van der Waals surface area (Å²) < 4.78 is 0. The number of halogens is 3. The van der Waals surface area contributed by atoms with Crippen molar-refractivity contribution in [2.24, 2.45) is 5.92 Å². The van der Waals surface area contributed by atoms with E-state index >= 15 is 0 Å². The Bertz CT molecular complexity index is 599. The molecule has 1 fully saturated rings. The fraction of sp³-hybridized carbons (Fsp3) is 0.529. The molecule has 1 aliphatic rings. The SMILES string of the molecule is CNCCCNC(=O)C1CCCN(C(=O)c2ccc(Cl)c(Cl)c2)C1.Cl. The van der Waals surface area contributed by atoms with Crippen LogP contribution in [0.5, 0.6) is 0 Å². The molecule has 2 N–H and O–H groups in total. The van der Waals surface area contributed by atoms with Crippen LogP contribution >= 0.6 is 35.6 Å². The summed E-state index contributed by atoms with van der Waals surface area (Å²) in [6.07, 6.45) is 2.52. The largest absolute Gasteiger partial charge is 0.356 e. The van der Waals surface area contributed by atoms with Crippen molar-refractivity contribution in [3.63, 3.8) is 0 Å². The van der Waals surface area contributed by atoms with Crippen molar-refractivity contribution in [2.45, 2.75) is 19.3 Å². The van der Waals surface area contributed by atoms with Gasteiger partial charge in [-0.15, -0.1) is 12.4 Å². The lowest BCUT2D eigenvalue weighted by atomic mass is 9.96. The molecule has 1 unspecified atom stereocenters. The summed E-state index contributed by atoms with van der Waals surface area (Å²) >= 11 is 11.9. The molecule has 0 bridgehead atoms. The number of hydrogen-bond acceptors (Lipinski definition) is 3. The number of carbonyl (C=O) groups excluding carboxylic acids is 2. The standard InChI is InChI=1S/C17H23Cl2N3O2.ClH/c1-20-7-3-8-21-16(23)13-4-2-9-22(11-13)17(24)12-5-6-14(18)15(19)10-12;/h5-6,10,13,20H,2-4,7-9,11H2,1H3,(H,21,23);1H. The minimum Gasteiger partial charge on any atom is -0.356 e. The first-order valence-corrected chi connectivity index (χ1v) is 8.95. The molecule has 1 atom stereocenters. The van der Waals surface area contributed by atoms with Crippen LogP contribution in [0.4, 0.5) is 0 Å². The number of benzene rings is 1. The van der Waals surface area contributed by atoms with Crippen LogP contribution in [0.15, 0.2) is 18.2 Å². The molecule has 25 heavy (non-hydrogen) atoms. The van der Waals surface area contributed by atoms with Gasteiger partial charge in [-0.2, -0.15) is 0 Å². The van der Waals surface area contributed by atoms with Gasteiger partial charge in [0, 0.05) is 25.2 Å². The van der Waals surface area contributed by atoms with E-state index in [0.29, 0.717) is 35.2 Å². The van der Waals surface area contributed by atoms with Gasteiger partial charge in [-0.05, 0) is 51.1 Å². The zero-order valence-corrected chi connectivity index (χ0v) is 16.5. The topological polar surface area (TPSA) is 61.4 Å². The molecule has 0 saturated carbocycles. The van der Waals surface area contributed by atoms with E-state index in [0.717, 1.165) is 25.8 Å². The maximum Gasteiger partial charge on any atom is 0.253 e. The Kier molecular flexibility index (Phi) is 9.57. The second-order valence-corrected chi connectivity index (χ2v) is 6.78. The lowest BCUT2D eigenvalue weighted by Crippen LogP contribution is -2.45. The summed E-state index contributed by atoms with van der Waals surface area (Å²) in [6.45, 7) is 2.61. The monoisotopic (exact) mass is 407 g/mol. The van der Waals surface area contributed by atoms with Gasteiger partial charge in [-0.1, -0.05) is 23.2 Å². The number of rotatable bonds is 6. The summed E-state index contributed by atoms with van der Waals surface area (Å²) in [5.74, 6) is -0.237. The predicted molar refractivity (Wildman–Crippen MR) is 104 cm³/mol. The minimum atomic E-state index is -0.153. The van der Waals surface area contributed by atoms with Gasteiger partial charge in [-0.3, -0.25) is 9.59 Å². The van der Waals surface area contributed by atoms with Crippen molar-refractivity contribution in [3.05, 3.63) is 33.8 Å². The van der Waals surface area contributed by atoms with Crippen LogP contribution in [-0.4, -0.2) is 49.9 Å². The maximum atomic E-state index is 12.6. The van der Waals surface area contributed by atoms with E-state index in [4.69, 9.17) is 23.2 Å². The van der Waals surface area contributed by atoms with Crippen molar-refractivity contribution in [2.75, 3.05) is 33.2 Å². The molecule has 0 radical (unpaired) electrons. The highest BCUT2D eigenvalue weighted by Crippen LogP contribution is 2.25. The summed E-state index contributed by atoms with van der Waals surface area (Å²) in [5, 5.41) is 6.77. The molecule has 1 aliphatic heterocycles. The van der Waals surface area contributed by atoms with Crippen LogP contribution in [0.1, 0.15) is 29.6 Å². The molecular formula is C17H24Cl3N3O2. The van der Waals surface area contributed by atoms with E-state index in [1.165, 1.54) is 0 Å². The summed E-state index contributed by atoms with van der Waals surface area (Å²) in [5.41, 5.74) is 0.500. The fourth-order valence-corrected chi connectivity index (χ4v) is 3.11. The van der Waals surface area contributed by atoms with E-state index in [9.17, 15) is 9.59 Å². The first-order chi connectivity index (χ1) is 11.5. The van der Waals surface area contributed by atoms with Crippen molar-refractivity contribution < 1.29 is 9.59 Å². The first-order valence-electron chi connectivity index (χ1n) is 8.19. The third-order valence-corrected chi connectivity index (χ3v) is 4.89. The number of amides is 2. The summed E-state index contributed by atoms with van der Waals surface area (Å²) in [6, 6.07) is 4.86. The number of likely N-dealkylation sites (tertiary alicyclic amines) is 1. The smallest absolute Gasteiger partial charge is 0.253 e. The van der Waals surface area contributed by atoms with Gasteiger partial charge < -0.3 is 15.5 Å². The fourth-order valence-electron chi connectivity index (χ4n) is 2.81. The van der Waals surface area contributed by atoms with Gasteiger partial charge in [0.15, 0.2) is 0 Å². The first kappa shape index (κ1) is 22.0. The lowest BCUT2D eigenvalue weighted by molar-refractivity contribution is -0.126. The van der Waals surface area contributed by atoms with Crippen LogP contribution in [0.3, 0.4) is 0 Å². The number of carbonyl (C=O) groups is 2. The Balaban J connectivity index is 0.00000312. The number of nitrogens with zero attached hydrogens (tertiary/aromatic N) is 1. The Labute approximate surface area is 164 Å². The average Bonchev–Trinajstić information content (AvgIpc) is 2.60. The van der Waals surface area contributed by atoms with Crippen molar-refractivity contribution in [1.82, 2.24) is 15.5 Å². The minimum absolute atomic E-state index is 0. The van der Waals surface area contributed by atoms with Crippen molar-refractivity contribution in [3.8, 4) is 0 Å². The molecule has 2 amide bonds. The number of piperidine rings is 1. The Hall–Kier alpha value is -1.01. The average molecular weight is 409 g/mol. The van der Waals surface area contributed by atoms with Gasteiger partial charge in [0.05, 0.1) is 16.0 Å². The van der Waals surface area contributed by atoms with Crippen LogP contribution < -0.4 is 10.6 Å². The molecule has 1 heterocycles. The highest BCUT2D eigenvalue weighted by molar-refractivity contribution is 6.42. The van der Waals surface area contributed by atoms with E-state index < -0.39 is 0 Å². The normalized spacial score (nSPS) is 16.9. The quantitative estimate of drug-likeness (QED) is 0.711. The zero-order chi connectivity index (χ0) is 17.5. The predicted octanol–water partition coefficient (Wildman–Crippen LogP) is 2.99. The second-order valence-electron chi connectivity index (χ2n) is 5.97. The van der Waals surface area contributed by atoms with Gasteiger partial charge in [0.25, 0.3) is 5.91 Å². The number of nitrogens with one attached hydrogen (secondary N) is 2. The zero-order valence-electron chi connectivity index (χ0n) is 14.2. The highest BCUT2D eigenvalue weighted by Gasteiger charge is 2.28. The molecule has 140 valence electrons. The Morgan fingerprint density at radius 3 is 2.68 bits per heavy atom. The molecule has 0 aliphatic carbocycles. The van der Waals surface area contributed by atoms with E-state index in [1.807, 2.05) is 7.05 Å². The molecule has 1 saturated heterocycles. The third kappa shape index (κ3) is 6.33. The molecule has 0 spiro atoms. The van der Waals surface area contributed by atoms with Crippen molar-refractivity contribution in [1.29, 1.82) is 0 Å². The Morgan fingerprint density at radius 1 is 1.24 bits per heavy atom. The Morgan fingerprint density at radius 2 is 2.00 bits per heavy atom. The third-order valence-electron chi connectivity index (χ3n) is 4.15. The molecule has 0 aromatic heterocycles. The van der Waals surface area contributed by atoms with E-state index in [2.05, 4.69) is 10.6 Å². The molecule has 2 rings (SSSR count). The van der Waals surface area contributed by atoms with Gasteiger partial charge in [0.1, 0.15) is 0 Å². The lowest BCUT2D eigenvalue weighted by Gasteiger charge is -2.32. The van der Waals surface area contributed by atoms with Crippen LogP contribution in [-0.2, 0) is 4.79 Å². The van der Waals surface area contributed by atoms with Crippen LogP contribution in [0.25, 0.3) is 0 Å².